The Bertz CT molecular complexity index is 1190. The van der Waals surface area contributed by atoms with Crippen LogP contribution >= 0.6 is 0 Å². The van der Waals surface area contributed by atoms with Crippen LogP contribution in [-0.4, -0.2) is 64.2 Å². The Kier molecular flexibility index (Phi) is 15.7. The van der Waals surface area contributed by atoms with Gasteiger partial charge in [-0.2, -0.15) is 0 Å². The molecule has 6 amide bonds. The molecule has 0 radical (unpaired) electrons. The third-order valence-electron chi connectivity index (χ3n) is 7.31. The monoisotopic (exact) mass is 631 g/mol. The van der Waals surface area contributed by atoms with Gasteiger partial charge in [0.2, 0.25) is 11.8 Å². The zero-order valence-corrected chi connectivity index (χ0v) is 26.0. The molecule has 45 heavy (non-hydrogen) atoms. The number of hydrogen-bond acceptors (Lipinski definition) is 9. The molecule has 1 fully saturated rings. The molecule has 0 aliphatic carbocycles. The fourth-order valence-electron chi connectivity index (χ4n) is 4.77. The Morgan fingerprint density at radius 2 is 1.56 bits per heavy atom. The van der Waals surface area contributed by atoms with Crippen LogP contribution in [0.15, 0.2) is 24.3 Å². The minimum absolute atomic E-state index is 0.0329. The number of nitrogens with two attached hydrogens (primary N) is 1. The Hall–Kier alpha value is -4.33. The zero-order valence-electron chi connectivity index (χ0n) is 26.0. The topological polar surface area (TPSA) is 214 Å². The summed E-state index contributed by atoms with van der Waals surface area (Å²) in [6.07, 6.45) is 3.11. The lowest BCUT2D eigenvalue weighted by Gasteiger charge is -2.24. The van der Waals surface area contributed by atoms with Crippen molar-refractivity contribution in [2.24, 2.45) is 17.6 Å². The molecule has 0 spiro atoms. The Labute approximate surface area is 262 Å². The first-order valence-corrected chi connectivity index (χ1v) is 15.3. The van der Waals surface area contributed by atoms with Crippen molar-refractivity contribution in [3.8, 4) is 0 Å². The van der Waals surface area contributed by atoms with Crippen molar-refractivity contribution in [1.82, 2.24) is 15.7 Å². The number of primary amides is 1. The number of unbranched alkanes of at least 4 members (excludes halogenated alkanes) is 3. The number of amides is 6. The summed E-state index contributed by atoms with van der Waals surface area (Å²) in [5.41, 5.74) is 6.31. The van der Waals surface area contributed by atoms with Gasteiger partial charge in [-0.3, -0.25) is 24.0 Å². The fraction of sp³-hybridized carbons (Fsp3) is 0.581. The number of anilines is 1. The zero-order chi connectivity index (χ0) is 33.4. The van der Waals surface area contributed by atoms with E-state index >= 15 is 0 Å². The van der Waals surface area contributed by atoms with Crippen LogP contribution in [0.1, 0.15) is 90.0 Å². The molecule has 0 unspecified atom stereocenters. The first-order chi connectivity index (χ1) is 21.4. The van der Waals surface area contributed by atoms with E-state index in [9.17, 15) is 38.7 Å². The van der Waals surface area contributed by atoms with Gasteiger partial charge in [0.05, 0.1) is 12.6 Å². The van der Waals surface area contributed by atoms with Gasteiger partial charge in [0.15, 0.2) is 5.78 Å². The van der Waals surface area contributed by atoms with Crippen LogP contribution in [0, 0.1) is 11.8 Å². The van der Waals surface area contributed by atoms with Crippen molar-refractivity contribution >= 4 is 47.1 Å². The summed E-state index contributed by atoms with van der Waals surface area (Å²) < 4.78 is 0. The number of nitrogens with zero attached hydrogens (tertiary/aromatic N) is 1. The van der Waals surface area contributed by atoms with Gasteiger partial charge in [-0.15, -0.1) is 5.06 Å². The fourth-order valence-corrected chi connectivity index (χ4v) is 4.77. The Morgan fingerprint density at radius 1 is 0.933 bits per heavy atom. The highest BCUT2D eigenvalue weighted by atomic mass is 16.7. The third-order valence-corrected chi connectivity index (χ3v) is 7.31. The van der Waals surface area contributed by atoms with Crippen LogP contribution < -0.4 is 21.7 Å². The van der Waals surface area contributed by atoms with Crippen molar-refractivity contribution in [1.29, 1.82) is 0 Å². The summed E-state index contributed by atoms with van der Waals surface area (Å²) in [6.45, 7) is 3.71. The summed E-state index contributed by atoms with van der Waals surface area (Å²) in [6, 6.07) is 5.16. The molecular weight excluding hydrogens is 586 g/mol. The summed E-state index contributed by atoms with van der Waals surface area (Å²) in [4.78, 5) is 90.0. The van der Waals surface area contributed by atoms with E-state index < -0.39 is 35.8 Å². The maximum atomic E-state index is 13.4. The lowest BCUT2D eigenvalue weighted by molar-refractivity contribution is -0.197. The number of rotatable bonds is 20. The highest BCUT2D eigenvalue weighted by molar-refractivity contribution is 6.01. The molecule has 1 aromatic rings. The molecular formula is C31H45N5O9. The molecule has 14 heteroatoms. The molecule has 1 aliphatic rings. The largest absolute Gasteiger partial charge is 0.392 e. The maximum Gasteiger partial charge on any atom is 0.333 e. The van der Waals surface area contributed by atoms with E-state index in [1.165, 1.54) is 0 Å². The second-order valence-corrected chi connectivity index (χ2v) is 11.4. The van der Waals surface area contributed by atoms with Gasteiger partial charge in [0, 0.05) is 50.3 Å². The number of ketones is 1. The van der Waals surface area contributed by atoms with E-state index in [1.807, 2.05) is 0 Å². The van der Waals surface area contributed by atoms with Crippen LogP contribution in [-0.2, 0) is 40.2 Å². The summed E-state index contributed by atoms with van der Waals surface area (Å²) >= 11 is 0. The SMILES string of the molecule is CC(C)[C@H](NC(=O)CCCCCCC(=O)ON1C(=O)CCC1=O)C(=O)C[C@@H](CCCNC(N)=O)C(=O)Nc1ccc(CO)cc1. The first-order valence-electron chi connectivity index (χ1n) is 15.3. The van der Waals surface area contributed by atoms with Crippen LogP contribution in [0.5, 0.6) is 0 Å². The quantitative estimate of drug-likeness (QED) is 0.105. The number of imide groups is 1. The number of aliphatic hydroxyl groups excluding tert-OH is 1. The van der Waals surface area contributed by atoms with E-state index in [2.05, 4.69) is 16.0 Å². The number of benzene rings is 1. The highest BCUT2D eigenvalue weighted by Gasteiger charge is 2.33. The Morgan fingerprint density at radius 3 is 2.13 bits per heavy atom. The number of hydroxylamine groups is 2. The molecule has 2 rings (SSSR count). The van der Waals surface area contributed by atoms with Gasteiger partial charge in [-0.1, -0.05) is 38.8 Å². The van der Waals surface area contributed by atoms with E-state index in [1.54, 1.807) is 38.1 Å². The first kappa shape index (κ1) is 36.9. The predicted octanol–water partition coefficient (Wildman–Crippen LogP) is 2.23. The number of carbonyl (C=O) groups is 7. The van der Waals surface area contributed by atoms with Gasteiger partial charge < -0.3 is 31.6 Å². The minimum atomic E-state index is -0.800. The van der Waals surface area contributed by atoms with Crippen LogP contribution in [0.4, 0.5) is 10.5 Å². The smallest absolute Gasteiger partial charge is 0.333 e. The summed E-state index contributed by atoms with van der Waals surface area (Å²) in [5.74, 6) is -3.64. The standard InChI is InChI=1S/C31H45N5O9/c1-20(2)29(35-25(39)9-5-3-4-6-10-28(42)45-36-26(40)15-16-27(36)41)24(38)18-22(8-7-17-33-31(32)44)30(43)34-23-13-11-21(19-37)12-14-23/h11-14,20,22,29,37H,3-10,15-19H2,1-2H3,(H,34,43)(H,35,39)(H3,32,33,44)/t22-,29+/m1/s1. The third kappa shape index (κ3) is 13.5. The maximum absolute atomic E-state index is 13.4. The molecule has 14 nitrogen and oxygen atoms in total. The molecule has 248 valence electrons. The van der Waals surface area contributed by atoms with Crippen molar-refractivity contribution in [2.45, 2.75) is 97.1 Å². The van der Waals surface area contributed by atoms with E-state index in [-0.39, 0.29) is 68.8 Å². The average Bonchev–Trinajstić information content (AvgIpc) is 3.31. The normalized spacial score (nSPS) is 14.2. The van der Waals surface area contributed by atoms with Crippen molar-refractivity contribution in [3.63, 3.8) is 0 Å². The van der Waals surface area contributed by atoms with Crippen molar-refractivity contribution < 1.29 is 43.5 Å². The summed E-state index contributed by atoms with van der Waals surface area (Å²) in [5, 5.41) is 17.8. The summed E-state index contributed by atoms with van der Waals surface area (Å²) in [7, 11) is 0. The lowest BCUT2D eigenvalue weighted by Crippen LogP contribution is -2.45. The molecule has 0 bridgehead atoms. The second-order valence-electron chi connectivity index (χ2n) is 11.4. The molecule has 2 atom stereocenters. The van der Waals surface area contributed by atoms with E-state index in [0.717, 1.165) is 0 Å². The van der Waals surface area contributed by atoms with Crippen LogP contribution in [0.2, 0.25) is 0 Å². The number of nitrogens with one attached hydrogen (secondary N) is 3. The average molecular weight is 632 g/mol. The molecule has 1 aliphatic heterocycles. The number of carbonyl (C=O) groups excluding carboxylic acids is 7. The Balaban J connectivity index is 1.83. The number of Topliss-reactive ketones (excluding diaryl/α,β-unsaturated/α-hetero) is 1. The number of aliphatic hydroxyl groups is 1. The molecule has 6 N–H and O–H groups in total. The number of hydrogen-bond donors (Lipinski definition) is 5. The molecule has 1 aromatic carbocycles. The predicted molar refractivity (Wildman–Crippen MR) is 163 cm³/mol. The van der Waals surface area contributed by atoms with Gasteiger partial charge in [0.25, 0.3) is 11.8 Å². The van der Waals surface area contributed by atoms with Crippen molar-refractivity contribution in [3.05, 3.63) is 29.8 Å². The molecule has 0 aromatic heterocycles. The van der Waals surface area contributed by atoms with Gasteiger partial charge in [-0.05, 0) is 49.3 Å². The molecule has 1 saturated heterocycles. The van der Waals surface area contributed by atoms with Crippen molar-refractivity contribution in [2.75, 3.05) is 11.9 Å². The number of urea groups is 1. The van der Waals surface area contributed by atoms with E-state index in [0.29, 0.717) is 54.8 Å². The van der Waals surface area contributed by atoms with Gasteiger partial charge >= 0.3 is 12.0 Å². The molecule has 1 heterocycles. The minimum Gasteiger partial charge on any atom is -0.392 e. The highest BCUT2D eigenvalue weighted by Crippen LogP contribution is 2.20. The van der Waals surface area contributed by atoms with Crippen LogP contribution in [0.25, 0.3) is 0 Å². The van der Waals surface area contributed by atoms with Gasteiger partial charge in [-0.25, -0.2) is 9.59 Å². The van der Waals surface area contributed by atoms with E-state index in [4.69, 9.17) is 10.6 Å². The second kappa shape index (κ2) is 19.1. The lowest BCUT2D eigenvalue weighted by atomic mass is 9.89. The molecule has 0 saturated carbocycles. The van der Waals surface area contributed by atoms with Crippen LogP contribution in [0.3, 0.4) is 0 Å². The van der Waals surface area contributed by atoms with Gasteiger partial charge in [0.1, 0.15) is 0 Å².